The third-order valence-corrected chi connectivity index (χ3v) is 4.65. The second-order valence-corrected chi connectivity index (χ2v) is 7.16. The maximum atomic E-state index is 12.5. The molecule has 0 radical (unpaired) electrons. The van der Waals surface area contributed by atoms with Gasteiger partial charge in [-0.3, -0.25) is 9.59 Å². The van der Waals surface area contributed by atoms with Gasteiger partial charge in [0.2, 0.25) is 11.8 Å². The molecule has 1 saturated heterocycles. The van der Waals surface area contributed by atoms with Gasteiger partial charge in [-0.05, 0) is 61.4 Å². The monoisotopic (exact) mass is 386 g/mol. The van der Waals surface area contributed by atoms with Gasteiger partial charge in [0.1, 0.15) is 0 Å². The molecule has 0 unspecified atom stereocenters. The number of halogens is 1. The molecule has 1 heterocycles. The lowest BCUT2D eigenvalue weighted by molar-refractivity contribution is -0.122. The minimum Gasteiger partial charge on any atom is -0.326 e. The van der Waals surface area contributed by atoms with Crippen LogP contribution in [0.5, 0.6) is 0 Å². The molecule has 2 amide bonds. The summed E-state index contributed by atoms with van der Waals surface area (Å²) in [5.74, 6) is -0.451. The van der Waals surface area contributed by atoms with E-state index in [1.54, 1.807) is 4.90 Å². The second-order valence-electron chi connectivity index (χ2n) is 6.25. The Labute approximate surface area is 150 Å². The first-order valence-electron chi connectivity index (χ1n) is 7.87. The lowest BCUT2D eigenvalue weighted by Gasteiger charge is -2.17. The number of amides is 2. The smallest absolute Gasteiger partial charge is 0.229 e. The molecule has 2 aromatic rings. The van der Waals surface area contributed by atoms with E-state index in [1.807, 2.05) is 50.2 Å². The quantitative estimate of drug-likeness (QED) is 0.864. The van der Waals surface area contributed by atoms with Gasteiger partial charge in [0, 0.05) is 28.8 Å². The zero-order valence-corrected chi connectivity index (χ0v) is 15.3. The van der Waals surface area contributed by atoms with Crippen molar-refractivity contribution >= 4 is 39.1 Å². The lowest BCUT2D eigenvalue weighted by Crippen LogP contribution is -2.28. The molecular formula is C19H19BrN2O2. The number of anilines is 2. The number of rotatable bonds is 3. The Morgan fingerprint density at radius 1 is 1.12 bits per heavy atom. The Morgan fingerprint density at radius 3 is 2.38 bits per heavy atom. The van der Waals surface area contributed by atoms with Crippen molar-refractivity contribution in [2.75, 3.05) is 16.8 Å². The molecule has 1 N–H and O–H groups in total. The number of hydrogen-bond acceptors (Lipinski definition) is 2. The van der Waals surface area contributed by atoms with Gasteiger partial charge in [-0.1, -0.05) is 22.0 Å². The van der Waals surface area contributed by atoms with E-state index in [-0.39, 0.29) is 24.2 Å². The van der Waals surface area contributed by atoms with Crippen molar-refractivity contribution < 1.29 is 9.59 Å². The molecule has 0 bridgehead atoms. The average Bonchev–Trinajstić information content (AvgIpc) is 2.89. The Kier molecular flexibility index (Phi) is 4.71. The number of carbonyl (C=O) groups is 2. The highest BCUT2D eigenvalue weighted by Crippen LogP contribution is 2.27. The van der Waals surface area contributed by atoms with E-state index in [2.05, 4.69) is 27.3 Å². The van der Waals surface area contributed by atoms with Crippen LogP contribution in [0.2, 0.25) is 0 Å². The van der Waals surface area contributed by atoms with E-state index >= 15 is 0 Å². The van der Waals surface area contributed by atoms with Crippen LogP contribution < -0.4 is 10.2 Å². The van der Waals surface area contributed by atoms with Crippen molar-refractivity contribution in [1.82, 2.24) is 0 Å². The van der Waals surface area contributed by atoms with E-state index in [4.69, 9.17) is 0 Å². The molecule has 0 aliphatic carbocycles. The highest BCUT2D eigenvalue weighted by Gasteiger charge is 2.35. The summed E-state index contributed by atoms with van der Waals surface area (Å²) in [4.78, 5) is 26.5. The molecule has 1 fully saturated rings. The number of aryl methyl sites for hydroxylation is 2. The van der Waals surface area contributed by atoms with Crippen LogP contribution >= 0.6 is 15.9 Å². The number of carbonyl (C=O) groups excluding carboxylic acids is 2. The molecular weight excluding hydrogens is 368 g/mol. The highest BCUT2D eigenvalue weighted by molar-refractivity contribution is 9.10. The molecule has 5 heteroatoms. The van der Waals surface area contributed by atoms with Crippen molar-refractivity contribution in [3.05, 3.63) is 58.1 Å². The van der Waals surface area contributed by atoms with Gasteiger partial charge in [-0.25, -0.2) is 0 Å². The predicted octanol–water partition coefficient (Wildman–Crippen LogP) is 4.06. The van der Waals surface area contributed by atoms with Gasteiger partial charge in [0.25, 0.3) is 0 Å². The van der Waals surface area contributed by atoms with Crippen LogP contribution in [0.25, 0.3) is 0 Å². The number of benzene rings is 2. The number of nitrogens with one attached hydrogen (secondary N) is 1. The largest absolute Gasteiger partial charge is 0.326 e. The highest BCUT2D eigenvalue weighted by atomic mass is 79.9. The Bertz CT molecular complexity index is 766. The van der Waals surface area contributed by atoms with Gasteiger partial charge < -0.3 is 10.2 Å². The topological polar surface area (TPSA) is 49.4 Å². The van der Waals surface area contributed by atoms with Crippen molar-refractivity contribution in [2.45, 2.75) is 20.3 Å². The Morgan fingerprint density at radius 2 is 1.75 bits per heavy atom. The van der Waals surface area contributed by atoms with Gasteiger partial charge in [-0.2, -0.15) is 0 Å². The maximum Gasteiger partial charge on any atom is 0.229 e. The summed E-state index contributed by atoms with van der Waals surface area (Å²) >= 11 is 3.39. The number of nitrogens with zero attached hydrogens (tertiary/aromatic N) is 1. The fourth-order valence-corrected chi connectivity index (χ4v) is 3.31. The van der Waals surface area contributed by atoms with Gasteiger partial charge in [-0.15, -0.1) is 0 Å². The van der Waals surface area contributed by atoms with Crippen LogP contribution in [0.15, 0.2) is 46.9 Å². The normalized spacial score (nSPS) is 17.2. The van der Waals surface area contributed by atoms with Crippen molar-refractivity contribution in [1.29, 1.82) is 0 Å². The molecule has 124 valence electrons. The van der Waals surface area contributed by atoms with Crippen LogP contribution in [0, 0.1) is 19.8 Å². The zero-order chi connectivity index (χ0) is 17.3. The van der Waals surface area contributed by atoms with Gasteiger partial charge >= 0.3 is 0 Å². The van der Waals surface area contributed by atoms with Crippen molar-refractivity contribution in [3.63, 3.8) is 0 Å². The first-order chi connectivity index (χ1) is 11.4. The maximum absolute atomic E-state index is 12.5. The van der Waals surface area contributed by atoms with E-state index in [9.17, 15) is 9.59 Å². The summed E-state index contributed by atoms with van der Waals surface area (Å²) in [6.07, 6.45) is 0.243. The van der Waals surface area contributed by atoms with E-state index in [1.165, 1.54) is 0 Å². The molecule has 1 aliphatic rings. The average molecular weight is 387 g/mol. The fraction of sp³-hybridized carbons (Fsp3) is 0.263. The summed E-state index contributed by atoms with van der Waals surface area (Å²) < 4.78 is 0.960. The fourth-order valence-electron chi connectivity index (χ4n) is 3.04. The summed E-state index contributed by atoms with van der Waals surface area (Å²) in [5.41, 5.74) is 3.81. The van der Waals surface area contributed by atoms with Crippen molar-refractivity contribution in [3.8, 4) is 0 Å². The molecule has 0 spiro atoms. The molecule has 2 aromatic carbocycles. The Hall–Kier alpha value is -2.14. The van der Waals surface area contributed by atoms with E-state index in [0.29, 0.717) is 6.54 Å². The summed E-state index contributed by atoms with van der Waals surface area (Å²) in [6.45, 7) is 4.41. The third-order valence-electron chi connectivity index (χ3n) is 4.12. The summed E-state index contributed by atoms with van der Waals surface area (Å²) in [7, 11) is 0. The van der Waals surface area contributed by atoms with Crippen LogP contribution in [0.4, 0.5) is 11.4 Å². The van der Waals surface area contributed by atoms with Crippen LogP contribution in [0.1, 0.15) is 17.5 Å². The molecule has 1 atom stereocenters. The first-order valence-corrected chi connectivity index (χ1v) is 8.67. The van der Waals surface area contributed by atoms with Crippen LogP contribution in [-0.2, 0) is 9.59 Å². The standard InChI is InChI=1S/C19H19BrN2O2/c1-12-7-13(2)9-16(8-12)21-19(24)14-10-18(23)22(11-14)17-5-3-15(20)4-6-17/h3-9,14H,10-11H2,1-2H3,(H,21,24)/t14-/m0/s1. The minimum atomic E-state index is -0.332. The molecule has 3 rings (SSSR count). The van der Waals surface area contributed by atoms with E-state index < -0.39 is 0 Å². The van der Waals surface area contributed by atoms with Crippen molar-refractivity contribution in [2.24, 2.45) is 5.92 Å². The van der Waals surface area contributed by atoms with Crippen LogP contribution in [0.3, 0.4) is 0 Å². The van der Waals surface area contributed by atoms with Gasteiger partial charge in [0.15, 0.2) is 0 Å². The Balaban J connectivity index is 1.70. The minimum absolute atomic E-state index is 0.0158. The summed E-state index contributed by atoms with van der Waals surface area (Å²) in [6, 6.07) is 13.5. The lowest BCUT2D eigenvalue weighted by atomic mass is 10.1. The van der Waals surface area contributed by atoms with Gasteiger partial charge in [0.05, 0.1) is 5.92 Å². The van der Waals surface area contributed by atoms with E-state index in [0.717, 1.165) is 27.0 Å². The molecule has 1 aliphatic heterocycles. The zero-order valence-electron chi connectivity index (χ0n) is 13.7. The molecule has 0 saturated carbocycles. The number of hydrogen-bond donors (Lipinski definition) is 1. The molecule has 24 heavy (non-hydrogen) atoms. The SMILES string of the molecule is Cc1cc(C)cc(NC(=O)[C@H]2CC(=O)N(c3ccc(Br)cc3)C2)c1. The second kappa shape index (κ2) is 6.77. The molecule has 0 aromatic heterocycles. The third kappa shape index (κ3) is 3.67. The summed E-state index contributed by atoms with van der Waals surface area (Å²) in [5, 5.41) is 2.94. The first kappa shape index (κ1) is 16.7. The predicted molar refractivity (Wildman–Crippen MR) is 99.1 cm³/mol. The van der Waals surface area contributed by atoms with Crippen LogP contribution in [-0.4, -0.2) is 18.4 Å². The molecule has 4 nitrogen and oxygen atoms in total.